The molecule has 0 spiro atoms. The second-order valence-electron chi connectivity index (χ2n) is 3.36. The molecule has 0 N–H and O–H groups in total. The van der Waals surface area contributed by atoms with Crippen LogP contribution >= 0.6 is 0 Å². The van der Waals surface area contributed by atoms with E-state index in [0.29, 0.717) is 0 Å². The Morgan fingerprint density at radius 2 is 0.875 bits per heavy atom. The molecule has 2 aromatic carbocycles. The summed E-state index contributed by atoms with van der Waals surface area (Å²) >= 11 is 0. The maximum atomic E-state index is 13.7. The first-order valence-electron chi connectivity index (χ1n) is 4.95. The van der Waals surface area contributed by atoms with Crippen LogP contribution in [-0.2, 0) is 0 Å². The van der Waals surface area contributed by atoms with Crippen LogP contribution in [0.5, 0.6) is 0 Å². The third kappa shape index (κ3) is 2.16. The third-order valence-corrected chi connectivity index (χ3v) is 2.25. The molecule has 0 fully saturated rings. The fourth-order valence-electron chi connectivity index (χ4n) is 1.42. The number of rotatable bonds is 2. The van der Waals surface area contributed by atoms with E-state index in [2.05, 4.69) is 0 Å². The fourth-order valence-corrected chi connectivity index (χ4v) is 1.42. The van der Waals surface area contributed by atoms with Gasteiger partial charge in [-0.1, -0.05) is 60.7 Å². The van der Waals surface area contributed by atoms with Crippen LogP contribution in [0.3, 0.4) is 0 Å². The van der Waals surface area contributed by atoms with E-state index in [1.54, 1.807) is 36.4 Å². The summed E-state index contributed by atoms with van der Waals surface area (Å²) in [6.07, 6.45) is 0. The molecule has 0 saturated heterocycles. The molecule has 0 atom stereocenters. The third-order valence-electron chi connectivity index (χ3n) is 2.25. The lowest BCUT2D eigenvalue weighted by molar-refractivity contribution is 0.700. The SMILES string of the molecule is FC(=C(F)c1ccccc1)c1ccccc1. The van der Waals surface area contributed by atoms with Gasteiger partial charge >= 0.3 is 0 Å². The molecule has 0 aliphatic carbocycles. The Balaban J connectivity index is 2.43. The van der Waals surface area contributed by atoms with Crippen molar-refractivity contribution < 1.29 is 8.78 Å². The molecular formula is C14H10F2. The molecular weight excluding hydrogens is 206 g/mol. The van der Waals surface area contributed by atoms with Gasteiger partial charge in [0, 0.05) is 11.1 Å². The maximum Gasteiger partial charge on any atom is 0.166 e. The highest BCUT2D eigenvalue weighted by atomic mass is 19.2. The predicted octanol–water partition coefficient (Wildman–Crippen LogP) is 4.45. The minimum atomic E-state index is -0.827. The summed E-state index contributed by atoms with van der Waals surface area (Å²) in [7, 11) is 0. The molecule has 2 heteroatoms. The van der Waals surface area contributed by atoms with Gasteiger partial charge in [0.05, 0.1) is 0 Å². The molecule has 0 amide bonds. The Morgan fingerprint density at radius 1 is 0.562 bits per heavy atom. The fraction of sp³-hybridized carbons (Fsp3) is 0. The summed E-state index contributed by atoms with van der Waals surface area (Å²) < 4.78 is 27.4. The Kier molecular flexibility index (Phi) is 3.10. The largest absolute Gasteiger partial charge is 0.203 e. The summed E-state index contributed by atoms with van der Waals surface area (Å²) in [5.41, 5.74) is 0.507. The first-order valence-corrected chi connectivity index (χ1v) is 4.95. The summed E-state index contributed by atoms with van der Waals surface area (Å²) in [5.74, 6) is -1.65. The van der Waals surface area contributed by atoms with Gasteiger partial charge in [0.15, 0.2) is 11.7 Å². The van der Waals surface area contributed by atoms with Crippen LogP contribution in [0.15, 0.2) is 60.7 Å². The van der Waals surface area contributed by atoms with Crippen molar-refractivity contribution in [3.8, 4) is 0 Å². The highest BCUT2D eigenvalue weighted by Gasteiger charge is 2.09. The molecule has 0 unspecified atom stereocenters. The van der Waals surface area contributed by atoms with E-state index in [9.17, 15) is 8.78 Å². The van der Waals surface area contributed by atoms with Crippen molar-refractivity contribution >= 4 is 11.7 Å². The summed E-state index contributed by atoms with van der Waals surface area (Å²) in [5, 5.41) is 0. The summed E-state index contributed by atoms with van der Waals surface area (Å²) in [6.45, 7) is 0. The zero-order valence-corrected chi connectivity index (χ0v) is 8.53. The predicted molar refractivity (Wildman–Crippen MR) is 61.9 cm³/mol. The van der Waals surface area contributed by atoms with Crippen molar-refractivity contribution in [3.63, 3.8) is 0 Å². The number of hydrogen-bond donors (Lipinski definition) is 0. The van der Waals surface area contributed by atoms with E-state index in [-0.39, 0.29) is 11.1 Å². The van der Waals surface area contributed by atoms with Gasteiger partial charge in [-0.2, -0.15) is 0 Å². The second kappa shape index (κ2) is 4.71. The molecule has 16 heavy (non-hydrogen) atoms. The zero-order chi connectivity index (χ0) is 11.4. The van der Waals surface area contributed by atoms with E-state index < -0.39 is 11.7 Å². The van der Waals surface area contributed by atoms with E-state index in [1.807, 2.05) is 0 Å². The topological polar surface area (TPSA) is 0 Å². The van der Waals surface area contributed by atoms with E-state index in [1.165, 1.54) is 24.3 Å². The molecule has 0 aliphatic rings. The normalized spacial score (nSPS) is 12.1. The van der Waals surface area contributed by atoms with Gasteiger partial charge < -0.3 is 0 Å². The summed E-state index contributed by atoms with van der Waals surface area (Å²) in [6, 6.07) is 16.4. The van der Waals surface area contributed by atoms with Crippen molar-refractivity contribution in [2.45, 2.75) is 0 Å². The molecule has 0 nitrogen and oxygen atoms in total. The standard InChI is InChI=1S/C14H10F2/c15-13(11-7-3-1-4-8-11)14(16)12-9-5-2-6-10-12/h1-10H. The van der Waals surface area contributed by atoms with E-state index in [0.717, 1.165) is 0 Å². The average Bonchev–Trinajstić information content (AvgIpc) is 2.39. The van der Waals surface area contributed by atoms with Crippen LogP contribution in [-0.4, -0.2) is 0 Å². The van der Waals surface area contributed by atoms with Crippen LogP contribution in [0, 0.1) is 0 Å². The Bertz CT molecular complexity index is 439. The molecule has 0 radical (unpaired) electrons. The van der Waals surface area contributed by atoms with Crippen LogP contribution < -0.4 is 0 Å². The molecule has 2 rings (SSSR count). The highest BCUT2D eigenvalue weighted by molar-refractivity contribution is 5.82. The van der Waals surface area contributed by atoms with Crippen molar-refractivity contribution in [2.75, 3.05) is 0 Å². The van der Waals surface area contributed by atoms with Crippen LogP contribution in [0.4, 0.5) is 8.78 Å². The Hall–Kier alpha value is -1.96. The van der Waals surface area contributed by atoms with Crippen molar-refractivity contribution in [1.29, 1.82) is 0 Å². The van der Waals surface area contributed by atoms with Gasteiger partial charge in [-0.05, 0) is 0 Å². The van der Waals surface area contributed by atoms with Gasteiger partial charge in [-0.3, -0.25) is 0 Å². The van der Waals surface area contributed by atoms with Crippen LogP contribution in [0.1, 0.15) is 11.1 Å². The van der Waals surface area contributed by atoms with Gasteiger partial charge in [-0.15, -0.1) is 0 Å². The van der Waals surface area contributed by atoms with Crippen molar-refractivity contribution in [3.05, 3.63) is 71.8 Å². The molecule has 0 aromatic heterocycles. The van der Waals surface area contributed by atoms with E-state index >= 15 is 0 Å². The minimum absolute atomic E-state index is 0.254. The first kappa shape index (κ1) is 10.6. The van der Waals surface area contributed by atoms with Gasteiger partial charge in [-0.25, -0.2) is 8.78 Å². The molecule has 80 valence electrons. The molecule has 0 heterocycles. The molecule has 0 aliphatic heterocycles. The minimum Gasteiger partial charge on any atom is -0.203 e. The first-order chi connectivity index (χ1) is 7.79. The Morgan fingerprint density at radius 3 is 1.19 bits per heavy atom. The van der Waals surface area contributed by atoms with E-state index in [4.69, 9.17) is 0 Å². The quantitative estimate of drug-likeness (QED) is 0.650. The van der Waals surface area contributed by atoms with Gasteiger partial charge in [0.25, 0.3) is 0 Å². The second-order valence-corrected chi connectivity index (χ2v) is 3.36. The number of benzene rings is 2. The number of hydrogen-bond acceptors (Lipinski definition) is 0. The van der Waals surface area contributed by atoms with Crippen LogP contribution in [0.25, 0.3) is 11.7 Å². The highest BCUT2D eigenvalue weighted by Crippen LogP contribution is 2.28. The van der Waals surface area contributed by atoms with Crippen molar-refractivity contribution in [1.82, 2.24) is 0 Å². The van der Waals surface area contributed by atoms with Gasteiger partial charge in [0.2, 0.25) is 0 Å². The average molecular weight is 216 g/mol. The summed E-state index contributed by atoms with van der Waals surface area (Å²) in [4.78, 5) is 0. The maximum absolute atomic E-state index is 13.7. The van der Waals surface area contributed by atoms with Crippen LogP contribution in [0.2, 0.25) is 0 Å². The lowest BCUT2D eigenvalue weighted by Gasteiger charge is -2.01. The molecule has 0 saturated carbocycles. The Labute approximate surface area is 92.9 Å². The monoisotopic (exact) mass is 216 g/mol. The number of halogens is 2. The zero-order valence-electron chi connectivity index (χ0n) is 8.53. The lowest BCUT2D eigenvalue weighted by atomic mass is 10.1. The van der Waals surface area contributed by atoms with Crippen molar-refractivity contribution in [2.24, 2.45) is 0 Å². The van der Waals surface area contributed by atoms with Gasteiger partial charge in [0.1, 0.15) is 0 Å². The molecule has 0 bridgehead atoms. The lowest BCUT2D eigenvalue weighted by Crippen LogP contribution is -1.83. The molecule has 2 aromatic rings. The smallest absolute Gasteiger partial charge is 0.166 e.